The van der Waals surface area contributed by atoms with Crippen LogP contribution < -0.4 is 5.32 Å². The highest BCUT2D eigenvalue weighted by atomic mass is 32.1. The van der Waals surface area contributed by atoms with Crippen LogP contribution in [0.15, 0.2) is 40.2 Å². The van der Waals surface area contributed by atoms with E-state index in [9.17, 15) is 13.6 Å². The quantitative estimate of drug-likeness (QED) is 0.699. The molecule has 2 aromatic heterocycles. The molecule has 9 heteroatoms. The molecule has 0 atom stereocenters. The predicted octanol–water partition coefficient (Wildman–Crippen LogP) is 3.89. The van der Waals surface area contributed by atoms with E-state index in [4.69, 9.17) is 4.52 Å². The molecule has 0 saturated carbocycles. The smallest absolute Gasteiger partial charge is 0.238 e. The Morgan fingerprint density at radius 2 is 2.11 bits per heavy atom. The highest BCUT2D eigenvalue weighted by molar-refractivity contribution is 7.13. The number of nitrogens with zero attached hydrogens (tertiary/aromatic N) is 3. The van der Waals surface area contributed by atoms with Crippen LogP contribution in [-0.2, 0) is 4.79 Å². The zero-order valence-corrected chi connectivity index (χ0v) is 15.7. The second-order valence-corrected chi connectivity index (χ2v) is 7.60. The van der Waals surface area contributed by atoms with E-state index in [2.05, 4.69) is 15.5 Å². The van der Waals surface area contributed by atoms with Crippen LogP contribution in [0.5, 0.6) is 0 Å². The number of aromatic nitrogens is 2. The number of carbonyl (C=O) groups is 1. The summed E-state index contributed by atoms with van der Waals surface area (Å²) in [5.74, 6) is -0.259. The molecule has 1 aromatic carbocycles. The van der Waals surface area contributed by atoms with Crippen molar-refractivity contribution in [2.75, 3.05) is 25.0 Å². The van der Waals surface area contributed by atoms with Gasteiger partial charge in [0.15, 0.2) is 0 Å². The van der Waals surface area contributed by atoms with Gasteiger partial charge < -0.3 is 9.84 Å². The minimum absolute atomic E-state index is 0.118. The van der Waals surface area contributed by atoms with E-state index < -0.39 is 11.6 Å². The van der Waals surface area contributed by atoms with Gasteiger partial charge in [-0.2, -0.15) is 4.98 Å². The molecule has 1 fully saturated rings. The van der Waals surface area contributed by atoms with Crippen molar-refractivity contribution in [2.24, 2.45) is 0 Å². The standard InChI is InChI=1S/C19H18F2N4O2S/c20-13-3-4-14(21)15(10-13)22-17(26)11-25-7-5-12(6-8-25)19-23-18(24-27-19)16-2-1-9-28-16/h1-4,9-10,12H,5-8,11H2,(H,22,26). The maximum absolute atomic E-state index is 13.6. The maximum Gasteiger partial charge on any atom is 0.238 e. The monoisotopic (exact) mass is 404 g/mol. The average molecular weight is 404 g/mol. The van der Waals surface area contributed by atoms with E-state index in [0.29, 0.717) is 24.8 Å². The van der Waals surface area contributed by atoms with Gasteiger partial charge in [-0.3, -0.25) is 9.69 Å². The first-order valence-electron chi connectivity index (χ1n) is 8.93. The van der Waals surface area contributed by atoms with Gasteiger partial charge in [0, 0.05) is 12.0 Å². The maximum atomic E-state index is 13.6. The molecule has 3 aromatic rings. The summed E-state index contributed by atoms with van der Waals surface area (Å²) in [7, 11) is 0. The number of carbonyl (C=O) groups excluding carboxylic acids is 1. The second kappa shape index (κ2) is 8.15. The van der Waals surface area contributed by atoms with Crippen LogP contribution in [0, 0.1) is 11.6 Å². The minimum Gasteiger partial charge on any atom is -0.339 e. The van der Waals surface area contributed by atoms with Crippen molar-refractivity contribution >= 4 is 22.9 Å². The molecule has 0 bridgehead atoms. The number of thiophene rings is 1. The summed E-state index contributed by atoms with van der Waals surface area (Å²) in [5.41, 5.74) is -0.146. The van der Waals surface area contributed by atoms with Crippen molar-refractivity contribution in [3.63, 3.8) is 0 Å². The summed E-state index contributed by atoms with van der Waals surface area (Å²) >= 11 is 1.56. The highest BCUT2D eigenvalue weighted by Crippen LogP contribution is 2.29. The number of hydrogen-bond donors (Lipinski definition) is 1. The van der Waals surface area contributed by atoms with Crippen LogP contribution in [0.2, 0.25) is 0 Å². The summed E-state index contributed by atoms with van der Waals surface area (Å²) in [6, 6.07) is 6.86. The van der Waals surface area contributed by atoms with Gasteiger partial charge in [-0.1, -0.05) is 11.2 Å². The molecule has 4 rings (SSSR count). The molecule has 1 saturated heterocycles. The lowest BCUT2D eigenvalue weighted by molar-refractivity contribution is -0.117. The number of nitrogens with one attached hydrogen (secondary N) is 1. The van der Waals surface area contributed by atoms with Crippen molar-refractivity contribution in [3.8, 4) is 10.7 Å². The first-order chi connectivity index (χ1) is 13.6. The Bertz CT molecular complexity index is 953. The number of halogens is 2. The third-order valence-electron chi connectivity index (χ3n) is 4.69. The number of piperidine rings is 1. The molecule has 3 heterocycles. The minimum atomic E-state index is -0.661. The van der Waals surface area contributed by atoms with Gasteiger partial charge in [-0.25, -0.2) is 8.78 Å². The molecule has 28 heavy (non-hydrogen) atoms. The Kier molecular flexibility index (Phi) is 5.45. The topological polar surface area (TPSA) is 71.3 Å². The molecule has 1 N–H and O–H groups in total. The molecule has 1 aliphatic rings. The van der Waals surface area contributed by atoms with Crippen molar-refractivity contribution in [2.45, 2.75) is 18.8 Å². The van der Waals surface area contributed by atoms with Crippen molar-refractivity contribution in [1.29, 1.82) is 0 Å². The molecule has 1 aliphatic heterocycles. The Morgan fingerprint density at radius 3 is 2.86 bits per heavy atom. The van der Waals surface area contributed by atoms with Gasteiger partial charge in [-0.05, 0) is 49.5 Å². The molecular weight excluding hydrogens is 386 g/mol. The van der Waals surface area contributed by atoms with Gasteiger partial charge in [-0.15, -0.1) is 11.3 Å². The normalized spacial score (nSPS) is 15.6. The number of likely N-dealkylation sites (tertiary alicyclic amines) is 1. The fraction of sp³-hybridized carbons (Fsp3) is 0.316. The fourth-order valence-electron chi connectivity index (χ4n) is 3.23. The van der Waals surface area contributed by atoms with E-state index >= 15 is 0 Å². The van der Waals surface area contributed by atoms with Gasteiger partial charge in [0.2, 0.25) is 17.6 Å². The third-order valence-corrected chi connectivity index (χ3v) is 5.56. The predicted molar refractivity (Wildman–Crippen MR) is 101 cm³/mol. The Balaban J connectivity index is 1.29. The number of hydrogen-bond acceptors (Lipinski definition) is 6. The van der Waals surface area contributed by atoms with Gasteiger partial charge in [0.05, 0.1) is 17.1 Å². The Morgan fingerprint density at radius 1 is 1.29 bits per heavy atom. The summed E-state index contributed by atoms with van der Waals surface area (Å²) in [5, 5.41) is 8.43. The lowest BCUT2D eigenvalue weighted by Crippen LogP contribution is -2.38. The first kappa shape index (κ1) is 18.7. The van der Waals surface area contributed by atoms with Crippen molar-refractivity contribution < 1.29 is 18.1 Å². The second-order valence-electron chi connectivity index (χ2n) is 6.66. The van der Waals surface area contributed by atoms with Crippen LogP contribution >= 0.6 is 11.3 Å². The molecule has 6 nitrogen and oxygen atoms in total. The SMILES string of the molecule is O=C(CN1CCC(c2nc(-c3cccs3)no2)CC1)Nc1cc(F)ccc1F. The highest BCUT2D eigenvalue weighted by Gasteiger charge is 2.26. The molecular formula is C19H18F2N4O2S. The van der Waals surface area contributed by atoms with Crippen LogP contribution in [0.1, 0.15) is 24.7 Å². The molecule has 0 spiro atoms. The Labute approximate surface area is 164 Å². The number of anilines is 1. The van der Waals surface area contributed by atoms with Crippen LogP contribution in [-0.4, -0.2) is 40.6 Å². The molecule has 0 unspecified atom stereocenters. The zero-order valence-electron chi connectivity index (χ0n) is 14.9. The molecule has 0 aliphatic carbocycles. The third kappa shape index (κ3) is 4.26. The average Bonchev–Trinajstić information content (AvgIpc) is 3.37. The molecule has 1 amide bonds. The van der Waals surface area contributed by atoms with E-state index in [-0.39, 0.29) is 24.1 Å². The van der Waals surface area contributed by atoms with E-state index in [1.807, 2.05) is 22.4 Å². The van der Waals surface area contributed by atoms with Gasteiger partial charge >= 0.3 is 0 Å². The number of amides is 1. The number of rotatable bonds is 5. The molecule has 146 valence electrons. The van der Waals surface area contributed by atoms with Crippen LogP contribution in [0.3, 0.4) is 0 Å². The lowest BCUT2D eigenvalue weighted by Gasteiger charge is -2.29. The summed E-state index contributed by atoms with van der Waals surface area (Å²) in [6.07, 6.45) is 1.57. The summed E-state index contributed by atoms with van der Waals surface area (Å²) < 4.78 is 32.3. The van der Waals surface area contributed by atoms with Crippen LogP contribution in [0.4, 0.5) is 14.5 Å². The fourth-order valence-corrected chi connectivity index (χ4v) is 3.88. The van der Waals surface area contributed by atoms with E-state index in [1.165, 1.54) is 0 Å². The number of benzene rings is 1. The summed E-state index contributed by atoms with van der Waals surface area (Å²) in [4.78, 5) is 19.6. The Hall–Kier alpha value is -2.65. The first-order valence-corrected chi connectivity index (χ1v) is 9.81. The lowest BCUT2D eigenvalue weighted by atomic mass is 9.97. The largest absolute Gasteiger partial charge is 0.339 e. The van der Waals surface area contributed by atoms with E-state index in [1.54, 1.807) is 11.3 Å². The van der Waals surface area contributed by atoms with Crippen molar-refractivity contribution in [3.05, 3.63) is 53.2 Å². The summed E-state index contributed by atoms with van der Waals surface area (Å²) in [6.45, 7) is 1.48. The van der Waals surface area contributed by atoms with Crippen molar-refractivity contribution in [1.82, 2.24) is 15.0 Å². The van der Waals surface area contributed by atoms with Gasteiger partial charge in [0.1, 0.15) is 11.6 Å². The molecule has 0 radical (unpaired) electrons. The van der Waals surface area contributed by atoms with Gasteiger partial charge in [0.25, 0.3) is 0 Å². The van der Waals surface area contributed by atoms with Crippen LogP contribution in [0.25, 0.3) is 10.7 Å². The van der Waals surface area contributed by atoms with E-state index in [0.717, 1.165) is 35.9 Å². The zero-order chi connectivity index (χ0) is 19.5.